The van der Waals surface area contributed by atoms with Crippen molar-refractivity contribution < 1.29 is 9.63 Å². The Labute approximate surface area is 93.9 Å². The Hall–Kier alpha value is -1.68. The van der Waals surface area contributed by atoms with Crippen LogP contribution in [0.2, 0.25) is 0 Å². The van der Waals surface area contributed by atoms with Crippen LogP contribution in [0.15, 0.2) is 28.8 Å². The molecule has 2 rings (SSSR count). The third-order valence-electron chi connectivity index (χ3n) is 2.21. The molecule has 1 unspecified atom stereocenters. The van der Waals surface area contributed by atoms with Gasteiger partial charge in [0.2, 0.25) is 11.7 Å². The van der Waals surface area contributed by atoms with Crippen molar-refractivity contribution in [2.45, 2.75) is 26.4 Å². The lowest BCUT2D eigenvalue weighted by Crippen LogP contribution is -2.04. The lowest BCUT2D eigenvalue weighted by molar-refractivity contribution is 0.181. The Morgan fingerprint density at radius 3 is 2.94 bits per heavy atom. The van der Waals surface area contributed by atoms with Gasteiger partial charge in [-0.3, -0.25) is 0 Å². The standard InChI is InChI=1S/C12H14N2O2/c1-8-4-3-5-10(6-8)12-13-11(16-14-12)7-9(2)15/h3-6,9,15H,7H2,1-2H3. The van der Waals surface area contributed by atoms with Crippen molar-refractivity contribution in [2.75, 3.05) is 0 Å². The highest BCUT2D eigenvalue weighted by molar-refractivity contribution is 5.55. The van der Waals surface area contributed by atoms with Crippen LogP contribution >= 0.6 is 0 Å². The average molecular weight is 218 g/mol. The first kappa shape index (κ1) is 10.8. The summed E-state index contributed by atoms with van der Waals surface area (Å²) < 4.78 is 5.05. The summed E-state index contributed by atoms with van der Waals surface area (Å²) >= 11 is 0. The fourth-order valence-corrected chi connectivity index (χ4v) is 1.49. The van der Waals surface area contributed by atoms with Crippen molar-refractivity contribution >= 4 is 0 Å². The van der Waals surface area contributed by atoms with Gasteiger partial charge in [0.15, 0.2) is 0 Å². The summed E-state index contributed by atoms with van der Waals surface area (Å²) in [5, 5.41) is 13.1. The molecular formula is C12H14N2O2. The predicted molar refractivity (Wildman–Crippen MR) is 59.9 cm³/mol. The molecule has 4 heteroatoms. The van der Waals surface area contributed by atoms with Crippen LogP contribution in [-0.2, 0) is 6.42 Å². The molecule has 1 aromatic carbocycles. The number of benzene rings is 1. The molecule has 16 heavy (non-hydrogen) atoms. The minimum Gasteiger partial charge on any atom is -0.393 e. The number of rotatable bonds is 3. The minimum atomic E-state index is -0.467. The normalized spacial score (nSPS) is 12.7. The van der Waals surface area contributed by atoms with E-state index in [1.807, 2.05) is 31.2 Å². The van der Waals surface area contributed by atoms with Crippen LogP contribution in [0.25, 0.3) is 11.4 Å². The van der Waals surface area contributed by atoms with Crippen molar-refractivity contribution in [3.05, 3.63) is 35.7 Å². The molecule has 84 valence electrons. The zero-order valence-corrected chi connectivity index (χ0v) is 9.34. The fourth-order valence-electron chi connectivity index (χ4n) is 1.49. The first-order valence-corrected chi connectivity index (χ1v) is 5.23. The zero-order valence-electron chi connectivity index (χ0n) is 9.34. The van der Waals surface area contributed by atoms with E-state index in [9.17, 15) is 5.11 Å². The summed E-state index contributed by atoms with van der Waals surface area (Å²) in [7, 11) is 0. The molecule has 1 atom stereocenters. The summed E-state index contributed by atoms with van der Waals surface area (Å²) in [5.41, 5.74) is 2.08. The van der Waals surface area contributed by atoms with Crippen LogP contribution in [0.4, 0.5) is 0 Å². The molecule has 0 saturated heterocycles. The topological polar surface area (TPSA) is 59.2 Å². The van der Waals surface area contributed by atoms with Gasteiger partial charge < -0.3 is 9.63 Å². The lowest BCUT2D eigenvalue weighted by atomic mass is 10.1. The second-order valence-electron chi connectivity index (χ2n) is 3.93. The first-order chi connectivity index (χ1) is 7.65. The maximum Gasteiger partial charge on any atom is 0.229 e. The fraction of sp³-hybridized carbons (Fsp3) is 0.333. The number of aliphatic hydroxyl groups excluding tert-OH is 1. The molecule has 0 aliphatic heterocycles. The van der Waals surface area contributed by atoms with E-state index in [-0.39, 0.29) is 0 Å². The van der Waals surface area contributed by atoms with Crippen LogP contribution in [0.1, 0.15) is 18.4 Å². The number of aryl methyl sites for hydroxylation is 1. The third-order valence-corrected chi connectivity index (χ3v) is 2.21. The Morgan fingerprint density at radius 2 is 2.25 bits per heavy atom. The van der Waals surface area contributed by atoms with Gasteiger partial charge in [-0.15, -0.1) is 0 Å². The number of nitrogens with zero attached hydrogens (tertiary/aromatic N) is 2. The molecule has 0 saturated carbocycles. The highest BCUT2D eigenvalue weighted by Crippen LogP contribution is 2.17. The number of hydrogen-bond acceptors (Lipinski definition) is 4. The van der Waals surface area contributed by atoms with Gasteiger partial charge >= 0.3 is 0 Å². The largest absolute Gasteiger partial charge is 0.393 e. The predicted octanol–water partition coefficient (Wildman–Crippen LogP) is 1.97. The van der Waals surface area contributed by atoms with E-state index in [0.29, 0.717) is 18.1 Å². The minimum absolute atomic E-state index is 0.388. The van der Waals surface area contributed by atoms with Crippen LogP contribution in [-0.4, -0.2) is 21.4 Å². The van der Waals surface area contributed by atoms with Gasteiger partial charge in [-0.1, -0.05) is 28.9 Å². The Balaban J connectivity index is 2.24. The van der Waals surface area contributed by atoms with E-state index in [1.165, 1.54) is 0 Å². The van der Waals surface area contributed by atoms with Gasteiger partial charge in [0.1, 0.15) is 0 Å². The van der Waals surface area contributed by atoms with Crippen LogP contribution < -0.4 is 0 Å². The van der Waals surface area contributed by atoms with Crippen molar-refractivity contribution in [1.82, 2.24) is 10.1 Å². The number of aromatic nitrogens is 2. The SMILES string of the molecule is Cc1cccc(-c2noc(CC(C)O)n2)c1. The molecule has 0 fully saturated rings. The number of aliphatic hydroxyl groups is 1. The van der Waals surface area contributed by atoms with Crippen LogP contribution in [0, 0.1) is 6.92 Å². The molecule has 1 N–H and O–H groups in total. The molecule has 0 radical (unpaired) electrons. The lowest BCUT2D eigenvalue weighted by Gasteiger charge is -1.96. The molecular weight excluding hydrogens is 204 g/mol. The summed E-state index contributed by atoms with van der Waals surface area (Å²) in [6.45, 7) is 3.71. The second kappa shape index (κ2) is 4.45. The molecule has 0 amide bonds. The molecule has 1 heterocycles. The molecule has 0 spiro atoms. The van der Waals surface area contributed by atoms with Crippen LogP contribution in [0.5, 0.6) is 0 Å². The second-order valence-corrected chi connectivity index (χ2v) is 3.93. The van der Waals surface area contributed by atoms with Crippen LogP contribution in [0.3, 0.4) is 0 Å². The molecule has 4 nitrogen and oxygen atoms in total. The van der Waals surface area contributed by atoms with Gasteiger partial charge in [0.05, 0.1) is 12.5 Å². The van der Waals surface area contributed by atoms with Gasteiger partial charge in [0.25, 0.3) is 0 Å². The molecule has 0 bridgehead atoms. The van der Waals surface area contributed by atoms with E-state index in [4.69, 9.17) is 4.52 Å². The monoisotopic (exact) mass is 218 g/mol. The highest BCUT2D eigenvalue weighted by Gasteiger charge is 2.10. The summed E-state index contributed by atoms with van der Waals surface area (Å²) in [4.78, 5) is 4.22. The van der Waals surface area contributed by atoms with E-state index in [2.05, 4.69) is 10.1 Å². The smallest absolute Gasteiger partial charge is 0.229 e. The zero-order chi connectivity index (χ0) is 11.5. The number of hydrogen-bond donors (Lipinski definition) is 1. The van der Waals surface area contributed by atoms with Gasteiger partial charge in [-0.25, -0.2) is 0 Å². The maximum atomic E-state index is 9.20. The van der Waals surface area contributed by atoms with Crippen molar-refractivity contribution in [3.63, 3.8) is 0 Å². The summed E-state index contributed by atoms with van der Waals surface area (Å²) in [6, 6.07) is 7.90. The quantitative estimate of drug-likeness (QED) is 0.855. The average Bonchev–Trinajstić information content (AvgIpc) is 2.65. The maximum absolute atomic E-state index is 9.20. The van der Waals surface area contributed by atoms with E-state index in [0.717, 1.165) is 11.1 Å². The van der Waals surface area contributed by atoms with Crippen molar-refractivity contribution in [1.29, 1.82) is 0 Å². The van der Waals surface area contributed by atoms with Crippen molar-refractivity contribution in [2.24, 2.45) is 0 Å². The van der Waals surface area contributed by atoms with Gasteiger partial charge in [-0.05, 0) is 19.9 Å². The van der Waals surface area contributed by atoms with Crippen molar-refractivity contribution in [3.8, 4) is 11.4 Å². The first-order valence-electron chi connectivity index (χ1n) is 5.23. The van der Waals surface area contributed by atoms with Gasteiger partial charge in [-0.2, -0.15) is 4.98 Å². The molecule has 1 aromatic heterocycles. The summed E-state index contributed by atoms with van der Waals surface area (Å²) in [6.07, 6.45) is -0.0791. The Bertz CT molecular complexity index is 477. The van der Waals surface area contributed by atoms with E-state index >= 15 is 0 Å². The Morgan fingerprint density at radius 1 is 1.44 bits per heavy atom. The molecule has 0 aliphatic rings. The third kappa shape index (κ3) is 2.46. The summed E-state index contributed by atoms with van der Waals surface area (Å²) in [5.74, 6) is 1.03. The molecule has 0 aliphatic carbocycles. The van der Waals surface area contributed by atoms with Gasteiger partial charge in [0, 0.05) is 5.56 Å². The Kier molecular flexibility index (Phi) is 3.01. The van der Waals surface area contributed by atoms with E-state index in [1.54, 1.807) is 6.92 Å². The highest BCUT2D eigenvalue weighted by atomic mass is 16.5. The molecule has 2 aromatic rings. The van der Waals surface area contributed by atoms with E-state index < -0.39 is 6.10 Å².